The molecular formula is C29H35FN6O. The fourth-order valence-electron chi connectivity index (χ4n) is 5.72. The van der Waals surface area contributed by atoms with Gasteiger partial charge >= 0.3 is 0 Å². The molecule has 3 aliphatic rings. The minimum atomic E-state index is -0.497. The molecule has 194 valence electrons. The maximum absolute atomic E-state index is 14.9. The Morgan fingerprint density at radius 3 is 2.57 bits per heavy atom. The first kappa shape index (κ1) is 24.3. The third-order valence-corrected chi connectivity index (χ3v) is 7.38. The van der Waals surface area contributed by atoms with Crippen molar-refractivity contribution in [1.82, 2.24) is 20.2 Å². The third kappa shape index (κ3) is 5.61. The molecule has 3 fully saturated rings. The second-order valence-electron chi connectivity index (χ2n) is 10.8. The highest BCUT2D eigenvalue weighted by Gasteiger charge is 2.31. The first-order chi connectivity index (χ1) is 18.0. The highest BCUT2D eigenvalue weighted by atomic mass is 19.1. The topological polar surface area (TPSA) is 65.5 Å². The highest BCUT2D eigenvalue weighted by molar-refractivity contribution is 5.58. The molecule has 2 N–H and O–H groups in total. The number of hydrogen-bond acceptors (Lipinski definition) is 7. The number of rotatable bonds is 7. The molecule has 3 atom stereocenters. The van der Waals surface area contributed by atoms with E-state index in [4.69, 9.17) is 4.84 Å². The zero-order valence-corrected chi connectivity index (χ0v) is 21.5. The first-order valence-electron chi connectivity index (χ1n) is 13.4. The number of halogens is 1. The van der Waals surface area contributed by atoms with Crippen molar-refractivity contribution >= 4 is 17.5 Å². The van der Waals surface area contributed by atoms with Gasteiger partial charge in [0, 0.05) is 43.8 Å². The number of piperazine rings is 1. The fourth-order valence-corrected chi connectivity index (χ4v) is 5.72. The van der Waals surface area contributed by atoms with Crippen LogP contribution in [0, 0.1) is 5.82 Å². The summed E-state index contributed by atoms with van der Waals surface area (Å²) in [5.74, 6) is 0.645. The van der Waals surface area contributed by atoms with Crippen LogP contribution in [0.4, 0.5) is 21.8 Å². The molecule has 6 rings (SSSR count). The summed E-state index contributed by atoms with van der Waals surface area (Å²) >= 11 is 0. The molecule has 8 heteroatoms. The van der Waals surface area contributed by atoms with Gasteiger partial charge in [-0.1, -0.05) is 36.4 Å². The van der Waals surface area contributed by atoms with Crippen LogP contribution >= 0.6 is 0 Å². The minimum Gasteiger partial charge on any atom is -0.324 e. The van der Waals surface area contributed by atoms with Crippen molar-refractivity contribution in [3.63, 3.8) is 0 Å². The molecule has 0 spiro atoms. The van der Waals surface area contributed by atoms with E-state index >= 15 is 0 Å². The largest absolute Gasteiger partial charge is 0.324 e. The van der Waals surface area contributed by atoms with Gasteiger partial charge in [-0.2, -0.15) is 4.98 Å². The summed E-state index contributed by atoms with van der Waals surface area (Å²) in [6.07, 6.45) is 4.46. The number of hydroxylamine groups is 1. The lowest BCUT2D eigenvalue weighted by Gasteiger charge is -2.36. The smallest absolute Gasteiger partial charge is 0.229 e. The van der Waals surface area contributed by atoms with Crippen LogP contribution in [-0.4, -0.2) is 46.6 Å². The summed E-state index contributed by atoms with van der Waals surface area (Å²) in [6.45, 7) is 7.97. The van der Waals surface area contributed by atoms with E-state index in [0.717, 1.165) is 37.3 Å². The number of aromatic nitrogens is 2. The molecule has 0 radical (unpaired) electrons. The Balaban J connectivity index is 1.24. The van der Waals surface area contributed by atoms with Crippen molar-refractivity contribution in [2.24, 2.45) is 0 Å². The number of hydrogen-bond donors (Lipinski definition) is 2. The third-order valence-electron chi connectivity index (χ3n) is 7.38. The van der Waals surface area contributed by atoms with Crippen molar-refractivity contribution in [2.75, 3.05) is 30.1 Å². The first-order valence-corrected chi connectivity index (χ1v) is 13.4. The van der Waals surface area contributed by atoms with Gasteiger partial charge < -0.3 is 10.6 Å². The Kier molecular flexibility index (Phi) is 6.80. The molecule has 2 aliphatic heterocycles. The molecular weight excluding hydrogens is 467 g/mol. The van der Waals surface area contributed by atoms with Gasteiger partial charge in [0.2, 0.25) is 5.95 Å². The van der Waals surface area contributed by atoms with Crippen LogP contribution in [0.5, 0.6) is 0 Å². The molecule has 2 saturated heterocycles. The summed E-state index contributed by atoms with van der Waals surface area (Å²) in [4.78, 5) is 17.2. The number of benzene rings is 2. The van der Waals surface area contributed by atoms with Crippen molar-refractivity contribution in [3.05, 3.63) is 77.2 Å². The van der Waals surface area contributed by atoms with E-state index in [1.165, 1.54) is 30.2 Å². The van der Waals surface area contributed by atoms with E-state index in [-0.39, 0.29) is 11.9 Å². The van der Waals surface area contributed by atoms with Crippen LogP contribution in [-0.2, 0) is 11.4 Å². The van der Waals surface area contributed by atoms with Gasteiger partial charge in [0.25, 0.3) is 0 Å². The average Bonchev–Trinajstić information content (AvgIpc) is 3.62. The minimum absolute atomic E-state index is 0.0907. The summed E-state index contributed by atoms with van der Waals surface area (Å²) in [5, 5.41) is 8.57. The van der Waals surface area contributed by atoms with Crippen molar-refractivity contribution in [2.45, 2.75) is 63.7 Å². The second-order valence-corrected chi connectivity index (χ2v) is 10.8. The molecule has 3 heterocycles. The zero-order chi connectivity index (χ0) is 25.4. The van der Waals surface area contributed by atoms with Gasteiger partial charge in [0.1, 0.15) is 0 Å². The molecule has 2 aromatic carbocycles. The molecule has 3 aromatic rings. The Morgan fingerprint density at radius 1 is 1.03 bits per heavy atom. The average molecular weight is 503 g/mol. The number of anilines is 3. The van der Waals surface area contributed by atoms with Crippen LogP contribution in [0.3, 0.4) is 0 Å². The van der Waals surface area contributed by atoms with Gasteiger partial charge in [-0.05, 0) is 61.4 Å². The Morgan fingerprint density at radius 2 is 1.81 bits per heavy atom. The van der Waals surface area contributed by atoms with E-state index < -0.39 is 5.82 Å². The number of nitrogens with one attached hydrogen (secondary N) is 2. The Labute approximate surface area is 218 Å². The predicted octanol–water partition coefficient (Wildman–Crippen LogP) is 5.30. The molecule has 7 nitrogen and oxygen atoms in total. The predicted molar refractivity (Wildman–Crippen MR) is 143 cm³/mol. The summed E-state index contributed by atoms with van der Waals surface area (Å²) < 4.78 is 14.9. The molecule has 1 aromatic heterocycles. The molecule has 0 bridgehead atoms. The van der Waals surface area contributed by atoms with Crippen LogP contribution in [0.15, 0.2) is 54.7 Å². The maximum atomic E-state index is 14.9. The van der Waals surface area contributed by atoms with Gasteiger partial charge in [0.05, 0.1) is 18.8 Å². The van der Waals surface area contributed by atoms with Crippen molar-refractivity contribution < 1.29 is 9.23 Å². The summed E-state index contributed by atoms with van der Waals surface area (Å²) in [5.41, 5.74) is 4.65. The Hall–Kier alpha value is -3.07. The quantitative estimate of drug-likeness (QED) is 0.454. The lowest BCUT2D eigenvalue weighted by Crippen LogP contribution is -2.53. The van der Waals surface area contributed by atoms with Crippen molar-refractivity contribution in [1.29, 1.82) is 0 Å². The highest BCUT2D eigenvalue weighted by Crippen LogP contribution is 2.42. The van der Waals surface area contributed by atoms with E-state index in [1.807, 2.05) is 30.3 Å². The maximum Gasteiger partial charge on any atom is 0.229 e. The summed E-state index contributed by atoms with van der Waals surface area (Å²) in [6, 6.07) is 17.6. The van der Waals surface area contributed by atoms with Gasteiger partial charge in [-0.3, -0.25) is 9.74 Å². The fraction of sp³-hybridized carbons (Fsp3) is 0.448. The van der Waals surface area contributed by atoms with Crippen LogP contribution in [0.1, 0.15) is 61.8 Å². The lowest BCUT2D eigenvalue weighted by atomic mass is 10.0. The van der Waals surface area contributed by atoms with Crippen LogP contribution in [0.2, 0.25) is 0 Å². The zero-order valence-electron chi connectivity index (χ0n) is 21.5. The monoisotopic (exact) mass is 502 g/mol. The van der Waals surface area contributed by atoms with Gasteiger partial charge in [-0.25, -0.2) is 14.4 Å². The van der Waals surface area contributed by atoms with E-state index in [0.29, 0.717) is 30.6 Å². The number of nitrogens with zero attached hydrogens (tertiary/aromatic N) is 4. The Bertz CT molecular complexity index is 1230. The van der Waals surface area contributed by atoms with Gasteiger partial charge in [-0.15, -0.1) is 0 Å². The van der Waals surface area contributed by atoms with Crippen molar-refractivity contribution in [3.8, 4) is 0 Å². The van der Waals surface area contributed by atoms with E-state index in [9.17, 15) is 4.39 Å². The van der Waals surface area contributed by atoms with E-state index in [2.05, 4.69) is 57.5 Å². The SMILES string of the molecule is C[C@@H]1CN(Cc2cc(Nc3ncc(F)c(N4OCC[C@H]4c4ccccc4)n3)cc(C3CC3)c2)C[C@H](C)N1. The molecule has 1 aliphatic carbocycles. The second kappa shape index (κ2) is 10.4. The van der Waals surface area contributed by atoms with E-state index in [1.54, 1.807) is 5.06 Å². The molecule has 0 amide bonds. The van der Waals surface area contributed by atoms with Crippen LogP contribution < -0.4 is 15.7 Å². The molecule has 37 heavy (non-hydrogen) atoms. The summed E-state index contributed by atoms with van der Waals surface area (Å²) in [7, 11) is 0. The molecule has 0 unspecified atom stereocenters. The van der Waals surface area contributed by atoms with Gasteiger partial charge in [0.15, 0.2) is 11.6 Å². The van der Waals surface area contributed by atoms with Crippen LogP contribution in [0.25, 0.3) is 0 Å². The standard InChI is InChI=1S/C29H35FN6O/c1-19-16-35(17-20(2)32-19)18-21-12-24(22-8-9-22)14-25(13-21)33-29-31-15-26(30)28(34-29)36-27(10-11-37-36)23-6-4-3-5-7-23/h3-7,12-15,19-20,22,27,32H,8-11,16-18H2,1-2H3,(H,31,33,34)/t19-,20+,27-/m0/s1. The normalized spacial score (nSPS) is 24.4. The molecule has 1 saturated carbocycles. The lowest BCUT2D eigenvalue weighted by molar-refractivity contribution is 0.154.